The summed E-state index contributed by atoms with van der Waals surface area (Å²) >= 11 is 0. The number of Topliss-reactive ketones (excluding diaryl/α,β-unsaturated/α-hetero) is 1. The zero-order chi connectivity index (χ0) is 16.2. The number of rotatable bonds is 4. The molecule has 0 spiro atoms. The zero-order valence-corrected chi connectivity index (χ0v) is 13.7. The first kappa shape index (κ1) is 15.6. The molecule has 1 aliphatic heterocycles. The number of aryl methyl sites for hydroxylation is 1. The third kappa shape index (κ3) is 3.38. The van der Waals surface area contributed by atoms with Gasteiger partial charge in [0.1, 0.15) is 5.78 Å². The molecule has 1 fully saturated rings. The van der Waals surface area contributed by atoms with Crippen molar-refractivity contribution in [2.45, 2.75) is 33.1 Å². The van der Waals surface area contributed by atoms with E-state index >= 15 is 0 Å². The quantitative estimate of drug-likeness (QED) is 0.868. The average molecular weight is 310 g/mol. The Balaban J connectivity index is 1.85. The summed E-state index contributed by atoms with van der Waals surface area (Å²) in [6, 6.07) is 8.12. The van der Waals surface area contributed by atoms with Crippen LogP contribution in [0.1, 0.15) is 31.7 Å². The number of hydrogen-bond donors (Lipinski definition) is 0. The number of piperidine rings is 1. The van der Waals surface area contributed by atoms with Gasteiger partial charge in [-0.1, -0.05) is 31.2 Å². The van der Waals surface area contributed by atoms with Gasteiger partial charge in [-0.2, -0.15) is 5.10 Å². The third-order valence-corrected chi connectivity index (χ3v) is 4.48. The largest absolute Gasteiger partial charge is 0.339 e. The van der Waals surface area contributed by atoms with Crippen LogP contribution in [0.5, 0.6) is 0 Å². The number of ketones is 1. The average Bonchev–Trinajstić information content (AvgIpc) is 2.61. The van der Waals surface area contributed by atoms with E-state index in [1.807, 2.05) is 25.1 Å². The summed E-state index contributed by atoms with van der Waals surface area (Å²) in [5.41, 5.74) is 3.07. The molecule has 1 saturated heterocycles. The van der Waals surface area contributed by atoms with Crippen molar-refractivity contribution < 1.29 is 4.79 Å². The third-order valence-electron chi connectivity index (χ3n) is 4.48. The lowest BCUT2D eigenvalue weighted by Gasteiger charge is -2.31. The SMILES string of the molecule is CCC(=O)C1CCCN(c2nncc(-c3ccccc3C)n2)C1. The van der Waals surface area contributed by atoms with E-state index in [2.05, 4.69) is 33.1 Å². The Hall–Kier alpha value is -2.30. The van der Waals surface area contributed by atoms with Crippen LogP contribution in [0.4, 0.5) is 5.95 Å². The van der Waals surface area contributed by atoms with Crippen molar-refractivity contribution in [1.82, 2.24) is 15.2 Å². The van der Waals surface area contributed by atoms with Gasteiger partial charge in [0.05, 0.1) is 11.9 Å². The lowest BCUT2D eigenvalue weighted by molar-refractivity contribution is -0.122. The molecule has 23 heavy (non-hydrogen) atoms. The van der Waals surface area contributed by atoms with E-state index < -0.39 is 0 Å². The highest BCUT2D eigenvalue weighted by atomic mass is 16.1. The standard InChI is InChI=1S/C18H22N4O/c1-3-17(23)14-8-6-10-22(12-14)18-20-16(11-19-21-18)15-9-5-4-7-13(15)2/h4-5,7,9,11,14H,3,6,8,10,12H2,1-2H3. The molecule has 0 N–H and O–H groups in total. The van der Waals surface area contributed by atoms with Crippen LogP contribution in [0.3, 0.4) is 0 Å². The molecule has 0 radical (unpaired) electrons. The summed E-state index contributed by atoms with van der Waals surface area (Å²) in [5.74, 6) is 1.05. The van der Waals surface area contributed by atoms with Crippen molar-refractivity contribution >= 4 is 11.7 Å². The van der Waals surface area contributed by atoms with Crippen molar-refractivity contribution in [1.29, 1.82) is 0 Å². The van der Waals surface area contributed by atoms with Gasteiger partial charge >= 0.3 is 0 Å². The fourth-order valence-electron chi connectivity index (χ4n) is 3.13. The topological polar surface area (TPSA) is 59.0 Å². The van der Waals surface area contributed by atoms with Crippen LogP contribution in [0.15, 0.2) is 30.5 Å². The number of aromatic nitrogens is 3. The molecule has 0 saturated carbocycles. The minimum absolute atomic E-state index is 0.0967. The van der Waals surface area contributed by atoms with E-state index in [0.717, 1.165) is 36.2 Å². The van der Waals surface area contributed by atoms with Crippen molar-refractivity contribution in [3.05, 3.63) is 36.0 Å². The number of anilines is 1. The Labute approximate surface area is 136 Å². The van der Waals surface area contributed by atoms with Gasteiger partial charge in [0.2, 0.25) is 5.95 Å². The van der Waals surface area contributed by atoms with E-state index in [1.54, 1.807) is 6.20 Å². The van der Waals surface area contributed by atoms with E-state index in [-0.39, 0.29) is 5.92 Å². The van der Waals surface area contributed by atoms with Crippen LogP contribution in [0.2, 0.25) is 0 Å². The maximum Gasteiger partial charge on any atom is 0.245 e. The number of benzene rings is 1. The van der Waals surface area contributed by atoms with Crippen LogP contribution in [-0.4, -0.2) is 34.1 Å². The molecule has 3 rings (SSSR count). The minimum atomic E-state index is 0.0967. The van der Waals surface area contributed by atoms with Crippen LogP contribution in [-0.2, 0) is 4.79 Å². The van der Waals surface area contributed by atoms with Gasteiger partial charge in [0.15, 0.2) is 0 Å². The summed E-state index contributed by atoms with van der Waals surface area (Å²) in [6.45, 7) is 5.57. The first-order valence-corrected chi connectivity index (χ1v) is 8.22. The monoisotopic (exact) mass is 310 g/mol. The van der Waals surface area contributed by atoms with Gasteiger partial charge < -0.3 is 4.90 Å². The van der Waals surface area contributed by atoms with Crippen LogP contribution in [0.25, 0.3) is 11.3 Å². The van der Waals surface area contributed by atoms with Crippen LogP contribution in [0, 0.1) is 12.8 Å². The van der Waals surface area contributed by atoms with Gasteiger partial charge in [0, 0.05) is 31.0 Å². The molecule has 0 amide bonds. The second-order valence-electron chi connectivity index (χ2n) is 6.06. The van der Waals surface area contributed by atoms with Crippen molar-refractivity contribution in [3.63, 3.8) is 0 Å². The first-order chi connectivity index (χ1) is 11.2. The first-order valence-electron chi connectivity index (χ1n) is 8.22. The maximum absolute atomic E-state index is 12.0. The maximum atomic E-state index is 12.0. The molecule has 5 nitrogen and oxygen atoms in total. The molecule has 2 heterocycles. The molecule has 0 bridgehead atoms. The number of nitrogens with zero attached hydrogens (tertiary/aromatic N) is 4. The van der Waals surface area contributed by atoms with E-state index in [1.165, 1.54) is 0 Å². The molecular formula is C18H22N4O. The van der Waals surface area contributed by atoms with E-state index in [9.17, 15) is 4.79 Å². The van der Waals surface area contributed by atoms with Gasteiger partial charge in [0.25, 0.3) is 0 Å². The van der Waals surface area contributed by atoms with Crippen molar-refractivity contribution in [2.75, 3.05) is 18.0 Å². The van der Waals surface area contributed by atoms with Crippen molar-refractivity contribution in [2.24, 2.45) is 5.92 Å². The van der Waals surface area contributed by atoms with Gasteiger partial charge in [-0.3, -0.25) is 4.79 Å². The smallest absolute Gasteiger partial charge is 0.245 e. The highest BCUT2D eigenvalue weighted by Gasteiger charge is 2.26. The second-order valence-corrected chi connectivity index (χ2v) is 6.06. The Morgan fingerprint density at radius 1 is 1.35 bits per heavy atom. The fourth-order valence-corrected chi connectivity index (χ4v) is 3.13. The summed E-state index contributed by atoms with van der Waals surface area (Å²) in [6.07, 6.45) is 4.26. The van der Waals surface area contributed by atoms with Crippen molar-refractivity contribution in [3.8, 4) is 11.3 Å². The number of carbonyl (C=O) groups excluding carboxylic acids is 1. The molecule has 1 atom stereocenters. The summed E-state index contributed by atoms with van der Waals surface area (Å²) < 4.78 is 0. The number of hydrogen-bond acceptors (Lipinski definition) is 5. The predicted octanol–water partition coefficient (Wildman–Crippen LogP) is 3.04. The fraction of sp³-hybridized carbons (Fsp3) is 0.444. The molecule has 0 aliphatic carbocycles. The lowest BCUT2D eigenvalue weighted by atomic mass is 9.93. The van der Waals surface area contributed by atoms with Gasteiger partial charge in [-0.05, 0) is 25.3 Å². The summed E-state index contributed by atoms with van der Waals surface area (Å²) in [5, 5.41) is 8.32. The Morgan fingerprint density at radius 2 is 2.17 bits per heavy atom. The molecule has 5 heteroatoms. The molecular weight excluding hydrogens is 288 g/mol. The molecule has 1 aromatic heterocycles. The highest BCUT2D eigenvalue weighted by Crippen LogP contribution is 2.25. The van der Waals surface area contributed by atoms with Crippen LogP contribution < -0.4 is 4.90 Å². The molecule has 1 aliphatic rings. The van der Waals surface area contributed by atoms with Gasteiger partial charge in [-0.25, -0.2) is 4.98 Å². The second kappa shape index (κ2) is 6.86. The Bertz CT molecular complexity index is 701. The van der Waals surface area contributed by atoms with E-state index in [0.29, 0.717) is 24.7 Å². The summed E-state index contributed by atoms with van der Waals surface area (Å²) in [4.78, 5) is 18.8. The number of carbonyl (C=O) groups is 1. The Kier molecular flexibility index (Phi) is 4.65. The molecule has 1 unspecified atom stereocenters. The highest BCUT2D eigenvalue weighted by molar-refractivity contribution is 5.81. The normalized spacial score (nSPS) is 18.0. The molecule has 120 valence electrons. The van der Waals surface area contributed by atoms with Gasteiger partial charge in [-0.15, -0.1) is 5.10 Å². The molecule has 2 aromatic rings. The minimum Gasteiger partial charge on any atom is -0.339 e. The zero-order valence-electron chi connectivity index (χ0n) is 13.7. The molecule has 1 aromatic carbocycles. The lowest BCUT2D eigenvalue weighted by Crippen LogP contribution is -2.39. The van der Waals surface area contributed by atoms with Crippen LogP contribution >= 0.6 is 0 Å². The Morgan fingerprint density at radius 3 is 2.96 bits per heavy atom. The summed E-state index contributed by atoms with van der Waals surface area (Å²) in [7, 11) is 0. The predicted molar refractivity (Wildman–Crippen MR) is 90.2 cm³/mol. The van der Waals surface area contributed by atoms with E-state index in [4.69, 9.17) is 0 Å².